The maximum Gasteiger partial charge on any atom is 0.406 e. The van der Waals surface area contributed by atoms with E-state index in [1.54, 1.807) is 18.2 Å². The molecule has 3 aromatic rings. The van der Waals surface area contributed by atoms with Crippen LogP contribution in [-0.4, -0.2) is 53.9 Å². The predicted octanol–water partition coefficient (Wildman–Crippen LogP) is 7.29. The summed E-state index contributed by atoms with van der Waals surface area (Å²) >= 11 is 6.90. The number of hydrogen-bond donors (Lipinski definition) is 1. The van der Waals surface area contributed by atoms with Crippen molar-refractivity contribution >= 4 is 34.1 Å². The Labute approximate surface area is 243 Å². The number of aromatic nitrogens is 2. The van der Waals surface area contributed by atoms with E-state index in [0.717, 1.165) is 34.4 Å². The van der Waals surface area contributed by atoms with Crippen LogP contribution in [0, 0.1) is 5.92 Å². The highest BCUT2D eigenvalue weighted by Crippen LogP contribution is 2.43. The van der Waals surface area contributed by atoms with Gasteiger partial charge >= 0.3 is 6.18 Å². The summed E-state index contributed by atoms with van der Waals surface area (Å²) in [6.07, 6.45) is -0.461. The molecular formula is C31H33ClF3N5O. The zero-order valence-corrected chi connectivity index (χ0v) is 24.1. The second-order valence-electron chi connectivity index (χ2n) is 10.4. The summed E-state index contributed by atoms with van der Waals surface area (Å²) in [5.74, 6) is 0.0357. The molecule has 0 bridgehead atoms. The molecule has 6 nitrogen and oxygen atoms in total. The zero-order chi connectivity index (χ0) is 29.3. The van der Waals surface area contributed by atoms with Crippen molar-refractivity contribution in [3.8, 4) is 11.1 Å². The summed E-state index contributed by atoms with van der Waals surface area (Å²) in [6.45, 7) is 7.45. The number of allylic oxidation sites excluding steroid dienone is 5. The first kappa shape index (κ1) is 29.0. The van der Waals surface area contributed by atoms with E-state index in [0.29, 0.717) is 59.6 Å². The monoisotopic (exact) mass is 583 g/mol. The van der Waals surface area contributed by atoms with Crippen LogP contribution in [0.4, 0.5) is 24.7 Å². The van der Waals surface area contributed by atoms with Crippen LogP contribution in [0.5, 0.6) is 0 Å². The molecule has 216 valence electrons. The Balaban J connectivity index is 1.55. The Hall–Kier alpha value is -3.56. The normalized spacial score (nSPS) is 19.4. The maximum absolute atomic E-state index is 14.0. The zero-order valence-electron chi connectivity index (χ0n) is 23.3. The summed E-state index contributed by atoms with van der Waals surface area (Å²) in [4.78, 5) is 12.1. The molecule has 1 aliphatic carbocycles. The van der Waals surface area contributed by atoms with E-state index in [1.807, 2.05) is 44.2 Å². The molecule has 10 heteroatoms. The van der Waals surface area contributed by atoms with Gasteiger partial charge in [0.15, 0.2) is 0 Å². The number of anilines is 2. The standard InChI is InChI=1S/C31H33ClF3N5O/c1-4-19(2)29-20(3)27(16-24(32)30(29)39-11-13-41-14-12-39)40(18-31(33,34)35)23-8-5-21(6-9-23)22-7-10-25-26(15-22)37-17-28(36)38-25/h5-10,15-17,20H,4,11-14,18H2,1-3H3,(H2,36,38). The maximum atomic E-state index is 14.0. The Morgan fingerprint density at radius 2 is 1.78 bits per heavy atom. The van der Waals surface area contributed by atoms with Crippen LogP contribution in [0.1, 0.15) is 27.2 Å². The fraction of sp³-hybridized carbons (Fsp3) is 0.355. The van der Waals surface area contributed by atoms with Gasteiger partial charge in [0.1, 0.15) is 12.4 Å². The van der Waals surface area contributed by atoms with Gasteiger partial charge in [0, 0.05) is 30.4 Å². The van der Waals surface area contributed by atoms with E-state index in [-0.39, 0.29) is 5.92 Å². The van der Waals surface area contributed by atoms with Gasteiger partial charge in [0.25, 0.3) is 0 Å². The fourth-order valence-electron chi connectivity index (χ4n) is 5.54. The molecular weight excluding hydrogens is 551 g/mol. The molecule has 1 saturated heterocycles. The summed E-state index contributed by atoms with van der Waals surface area (Å²) in [6, 6.07) is 12.7. The molecule has 2 aromatic carbocycles. The van der Waals surface area contributed by atoms with Crippen molar-refractivity contribution in [3.63, 3.8) is 0 Å². The summed E-state index contributed by atoms with van der Waals surface area (Å²) < 4.78 is 47.6. The lowest BCUT2D eigenvalue weighted by atomic mass is 9.84. The van der Waals surface area contributed by atoms with E-state index < -0.39 is 12.7 Å². The van der Waals surface area contributed by atoms with Gasteiger partial charge in [-0.15, -0.1) is 0 Å². The highest BCUT2D eigenvalue weighted by molar-refractivity contribution is 6.32. The lowest BCUT2D eigenvalue weighted by Crippen LogP contribution is -2.41. The summed E-state index contributed by atoms with van der Waals surface area (Å²) in [5, 5.41) is 0.449. The predicted molar refractivity (Wildman–Crippen MR) is 158 cm³/mol. The number of ether oxygens (including phenoxy) is 1. The van der Waals surface area contributed by atoms with Crippen molar-refractivity contribution in [2.24, 2.45) is 5.92 Å². The highest BCUT2D eigenvalue weighted by atomic mass is 35.5. The number of alkyl halides is 3. The lowest BCUT2D eigenvalue weighted by molar-refractivity contribution is -0.119. The molecule has 0 saturated carbocycles. The topological polar surface area (TPSA) is 67.5 Å². The van der Waals surface area contributed by atoms with Crippen molar-refractivity contribution in [3.05, 3.63) is 82.3 Å². The number of nitrogens with two attached hydrogens (primary N) is 1. The Bertz CT molecular complexity index is 1520. The van der Waals surface area contributed by atoms with Gasteiger partial charge in [0.05, 0.1) is 41.2 Å². The first-order chi connectivity index (χ1) is 19.6. The number of halogens is 4. The second-order valence-corrected chi connectivity index (χ2v) is 10.8. The van der Waals surface area contributed by atoms with Crippen LogP contribution in [-0.2, 0) is 4.74 Å². The number of rotatable bonds is 6. The minimum absolute atomic E-state index is 0.302. The van der Waals surface area contributed by atoms with Gasteiger partial charge in [-0.25, -0.2) is 4.98 Å². The van der Waals surface area contributed by atoms with Crippen LogP contribution >= 0.6 is 11.6 Å². The lowest BCUT2D eigenvalue weighted by Gasteiger charge is -2.41. The van der Waals surface area contributed by atoms with Crippen LogP contribution < -0.4 is 10.6 Å². The number of hydrogen-bond acceptors (Lipinski definition) is 6. The number of nitrogens with zero attached hydrogens (tertiary/aromatic N) is 4. The Morgan fingerprint density at radius 1 is 1.10 bits per heavy atom. The van der Waals surface area contributed by atoms with Gasteiger partial charge in [0.2, 0.25) is 0 Å². The summed E-state index contributed by atoms with van der Waals surface area (Å²) in [5.41, 5.74) is 12.8. The molecule has 5 rings (SSSR count). The molecule has 0 amide bonds. The van der Waals surface area contributed by atoms with Gasteiger partial charge in [-0.1, -0.05) is 49.2 Å². The Morgan fingerprint density at radius 3 is 2.44 bits per heavy atom. The molecule has 1 atom stereocenters. The van der Waals surface area contributed by atoms with Crippen molar-refractivity contribution in [1.82, 2.24) is 14.9 Å². The SMILES string of the molecule is CCC(C)=C1C(N2CCOCC2)=C(Cl)C=C(N(CC(F)(F)F)c2ccc(-c3ccc4nc(N)cnc4c3)cc2)C1C. The molecule has 1 fully saturated rings. The first-order valence-electron chi connectivity index (χ1n) is 13.7. The van der Waals surface area contributed by atoms with Gasteiger partial charge < -0.3 is 20.3 Å². The molecule has 0 radical (unpaired) electrons. The van der Waals surface area contributed by atoms with E-state index in [1.165, 1.54) is 11.1 Å². The van der Waals surface area contributed by atoms with Crippen molar-refractivity contribution in [2.45, 2.75) is 33.4 Å². The van der Waals surface area contributed by atoms with E-state index in [4.69, 9.17) is 22.1 Å². The van der Waals surface area contributed by atoms with Crippen LogP contribution in [0.15, 0.2) is 82.3 Å². The number of benzene rings is 2. The number of nitrogen functional groups attached to an aromatic ring is 1. The van der Waals surface area contributed by atoms with E-state index in [9.17, 15) is 13.2 Å². The van der Waals surface area contributed by atoms with Crippen LogP contribution in [0.2, 0.25) is 0 Å². The van der Waals surface area contributed by atoms with Crippen molar-refractivity contribution in [1.29, 1.82) is 0 Å². The molecule has 2 aliphatic rings. The van der Waals surface area contributed by atoms with Crippen LogP contribution in [0.25, 0.3) is 22.2 Å². The highest BCUT2D eigenvalue weighted by Gasteiger charge is 2.38. The van der Waals surface area contributed by atoms with E-state index in [2.05, 4.69) is 21.8 Å². The van der Waals surface area contributed by atoms with Gasteiger partial charge in [-0.2, -0.15) is 13.2 Å². The molecule has 0 spiro atoms. The first-order valence-corrected chi connectivity index (χ1v) is 14.0. The molecule has 1 aromatic heterocycles. The molecule has 2 N–H and O–H groups in total. The fourth-order valence-corrected chi connectivity index (χ4v) is 5.87. The summed E-state index contributed by atoms with van der Waals surface area (Å²) in [7, 11) is 0. The quantitative estimate of drug-likeness (QED) is 0.329. The smallest absolute Gasteiger partial charge is 0.382 e. The molecule has 41 heavy (non-hydrogen) atoms. The Kier molecular flexibility index (Phi) is 8.29. The third-order valence-electron chi connectivity index (χ3n) is 7.67. The minimum atomic E-state index is -4.43. The third-order valence-corrected chi connectivity index (χ3v) is 7.96. The third kappa shape index (κ3) is 6.21. The molecule has 2 heterocycles. The average Bonchev–Trinajstić information content (AvgIpc) is 2.96. The van der Waals surface area contributed by atoms with E-state index >= 15 is 0 Å². The van der Waals surface area contributed by atoms with Gasteiger partial charge in [-0.05, 0) is 60.4 Å². The molecule has 1 aliphatic heterocycles. The van der Waals surface area contributed by atoms with Gasteiger partial charge in [-0.3, -0.25) is 4.98 Å². The number of fused-ring (bicyclic) bond motifs is 1. The second kappa shape index (κ2) is 11.7. The number of morpholine rings is 1. The largest absolute Gasteiger partial charge is 0.406 e. The van der Waals surface area contributed by atoms with Crippen molar-refractivity contribution < 1.29 is 17.9 Å². The van der Waals surface area contributed by atoms with Crippen molar-refractivity contribution in [2.75, 3.05) is 43.5 Å². The minimum Gasteiger partial charge on any atom is -0.382 e. The van der Waals surface area contributed by atoms with Crippen LogP contribution in [0.3, 0.4) is 0 Å². The average molecular weight is 584 g/mol. The molecule has 1 unspecified atom stereocenters.